The highest BCUT2D eigenvalue weighted by atomic mass is 19.1. The van der Waals surface area contributed by atoms with Crippen LogP contribution in [0.15, 0.2) is 84.6 Å². The second-order valence-corrected chi connectivity index (χ2v) is 8.35. The first-order chi connectivity index (χ1) is 17.0. The van der Waals surface area contributed by atoms with Gasteiger partial charge in [0.25, 0.3) is 11.7 Å². The standard InChI is InChI=1S/C28H23FN2O4/c1-35-23-9-5-3-7-21(23)25-24(26(32)17-10-12-19(29)13-11-17)27(33)28(34)31(25)15-14-18-16-30-22-8-4-2-6-20(18)22/h2-13,16,25,30,32H,14-15H2,1H3/t25-/m1/s1. The van der Waals surface area contributed by atoms with Gasteiger partial charge in [0.1, 0.15) is 17.3 Å². The summed E-state index contributed by atoms with van der Waals surface area (Å²) < 4.78 is 19.0. The summed E-state index contributed by atoms with van der Waals surface area (Å²) in [6.07, 6.45) is 2.40. The molecule has 3 aromatic carbocycles. The number of methoxy groups -OCH3 is 1. The molecule has 2 N–H and O–H groups in total. The number of nitrogens with zero attached hydrogens (tertiary/aromatic N) is 1. The number of ether oxygens (including phenoxy) is 1. The zero-order valence-corrected chi connectivity index (χ0v) is 19.0. The van der Waals surface area contributed by atoms with E-state index in [1.807, 2.05) is 30.5 Å². The van der Waals surface area contributed by atoms with Crippen molar-refractivity contribution in [1.82, 2.24) is 9.88 Å². The molecule has 1 amide bonds. The SMILES string of the molecule is COc1ccccc1[C@@H]1C(=C(O)c2ccc(F)cc2)C(=O)C(=O)N1CCc1c[nH]c2ccccc12. The summed E-state index contributed by atoms with van der Waals surface area (Å²) in [5.74, 6) is -1.83. The first-order valence-corrected chi connectivity index (χ1v) is 11.2. The number of amides is 1. The number of carbonyl (C=O) groups is 2. The number of aliphatic hydroxyl groups excluding tert-OH is 1. The molecule has 1 aliphatic rings. The van der Waals surface area contributed by atoms with Crippen LogP contribution in [-0.2, 0) is 16.0 Å². The number of carbonyl (C=O) groups excluding carboxylic acids is 2. The van der Waals surface area contributed by atoms with Gasteiger partial charge in [-0.1, -0.05) is 36.4 Å². The monoisotopic (exact) mass is 470 g/mol. The molecular formula is C28H23FN2O4. The van der Waals surface area contributed by atoms with Crippen molar-refractivity contribution in [1.29, 1.82) is 0 Å². The Hall–Kier alpha value is -4.39. The zero-order valence-electron chi connectivity index (χ0n) is 19.0. The fraction of sp³-hybridized carbons (Fsp3) is 0.143. The fourth-order valence-electron chi connectivity index (χ4n) is 4.67. The molecule has 0 saturated carbocycles. The van der Waals surface area contributed by atoms with E-state index in [1.165, 1.54) is 36.3 Å². The molecule has 35 heavy (non-hydrogen) atoms. The minimum absolute atomic E-state index is 0.0509. The van der Waals surface area contributed by atoms with Crippen LogP contribution in [0.2, 0.25) is 0 Å². The highest BCUT2D eigenvalue weighted by Gasteiger charge is 2.46. The smallest absolute Gasteiger partial charge is 0.295 e. The topological polar surface area (TPSA) is 82.6 Å². The zero-order chi connectivity index (χ0) is 24.5. The van der Waals surface area contributed by atoms with Crippen LogP contribution in [0.4, 0.5) is 4.39 Å². The van der Waals surface area contributed by atoms with Gasteiger partial charge in [0.05, 0.1) is 18.7 Å². The van der Waals surface area contributed by atoms with E-state index < -0.39 is 23.5 Å². The number of aliphatic hydroxyl groups is 1. The van der Waals surface area contributed by atoms with Crippen molar-refractivity contribution in [2.75, 3.05) is 13.7 Å². The van der Waals surface area contributed by atoms with E-state index in [-0.39, 0.29) is 23.4 Å². The summed E-state index contributed by atoms with van der Waals surface area (Å²) in [5, 5.41) is 12.2. The fourth-order valence-corrected chi connectivity index (χ4v) is 4.67. The Labute approximate surface area is 201 Å². The van der Waals surface area contributed by atoms with Gasteiger partial charge in [-0.25, -0.2) is 4.39 Å². The maximum Gasteiger partial charge on any atom is 0.295 e. The van der Waals surface area contributed by atoms with Gasteiger partial charge < -0.3 is 19.7 Å². The molecule has 0 aliphatic carbocycles. The average Bonchev–Trinajstić information content (AvgIpc) is 3.41. The van der Waals surface area contributed by atoms with Crippen molar-refractivity contribution in [2.24, 2.45) is 0 Å². The van der Waals surface area contributed by atoms with Crippen LogP contribution < -0.4 is 4.74 Å². The van der Waals surface area contributed by atoms with E-state index in [1.54, 1.807) is 24.3 Å². The predicted octanol–water partition coefficient (Wildman–Crippen LogP) is 4.98. The van der Waals surface area contributed by atoms with Crippen LogP contribution in [0.1, 0.15) is 22.7 Å². The summed E-state index contributed by atoms with van der Waals surface area (Å²) in [6, 6.07) is 19.2. The van der Waals surface area contributed by atoms with Crippen molar-refractivity contribution in [3.63, 3.8) is 0 Å². The molecule has 0 bridgehead atoms. The lowest BCUT2D eigenvalue weighted by Crippen LogP contribution is -2.31. The second-order valence-electron chi connectivity index (χ2n) is 8.35. The number of hydrogen-bond donors (Lipinski definition) is 2. The van der Waals surface area contributed by atoms with Crippen LogP contribution in [-0.4, -0.2) is 40.3 Å². The number of hydrogen-bond acceptors (Lipinski definition) is 4. The quantitative estimate of drug-likeness (QED) is 0.237. The third-order valence-corrected chi connectivity index (χ3v) is 6.39. The average molecular weight is 471 g/mol. The van der Waals surface area contributed by atoms with Crippen molar-refractivity contribution in [2.45, 2.75) is 12.5 Å². The van der Waals surface area contributed by atoms with Crippen LogP contribution in [0.25, 0.3) is 16.7 Å². The molecule has 7 heteroatoms. The maximum atomic E-state index is 13.5. The van der Waals surface area contributed by atoms with Crippen LogP contribution in [0, 0.1) is 5.82 Å². The molecule has 176 valence electrons. The number of rotatable bonds is 6. The number of halogens is 1. The maximum absolute atomic E-state index is 13.5. The number of H-pyrrole nitrogens is 1. The Morgan fingerprint density at radius 3 is 2.51 bits per heavy atom. The molecule has 5 rings (SSSR count). The lowest BCUT2D eigenvalue weighted by molar-refractivity contribution is -0.139. The van der Waals surface area contributed by atoms with Gasteiger partial charge in [-0.15, -0.1) is 0 Å². The molecule has 1 saturated heterocycles. The number of nitrogens with one attached hydrogen (secondary N) is 1. The van der Waals surface area contributed by atoms with Gasteiger partial charge in [0, 0.05) is 34.8 Å². The molecule has 4 aromatic rings. The molecule has 1 aromatic heterocycles. The Morgan fingerprint density at radius 1 is 1.03 bits per heavy atom. The number of fused-ring (bicyclic) bond motifs is 1. The molecule has 1 atom stereocenters. The van der Waals surface area contributed by atoms with E-state index in [0.717, 1.165) is 16.5 Å². The molecule has 0 unspecified atom stereocenters. The first kappa shape index (κ1) is 22.4. The minimum Gasteiger partial charge on any atom is -0.507 e. The predicted molar refractivity (Wildman–Crippen MR) is 130 cm³/mol. The highest BCUT2D eigenvalue weighted by molar-refractivity contribution is 6.46. The van der Waals surface area contributed by atoms with Gasteiger partial charge in [-0.3, -0.25) is 9.59 Å². The summed E-state index contributed by atoms with van der Waals surface area (Å²) in [5.41, 5.74) is 2.78. The van der Waals surface area contributed by atoms with Crippen molar-refractivity contribution < 1.29 is 23.8 Å². The Morgan fingerprint density at radius 2 is 1.74 bits per heavy atom. The third kappa shape index (κ3) is 3.95. The number of para-hydroxylation sites is 2. The van der Waals surface area contributed by atoms with Gasteiger partial charge in [0.15, 0.2) is 0 Å². The number of benzene rings is 3. The summed E-state index contributed by atoms with van der Waals surface area (Å²) >= 11 is 0. The van der Waals surface area contributed by atoms with Gasteiger partial charge in [0.2, 0.25) is 0 Å². The Bertz CT molecular complexity index is 1460. The molecule has 0 radical (unpaired) electrons. The number of likely N-dealkylation sites (tertiary alicyclic amines) is 1. The highest BCUT2D eigenvalue weighted by Crippen LogP contribution is 2.42. The summed E-state index contributed by atoms with van der Waals surface area (Å²) in [4.78, 5) is 31.2. The van der Waals surface area contributed by atoms with Crippen molar-refractivity contribution >= 4 is 28.4 Å². The largest absolute Gasteiger partial charge is 0.507 e. The Balaban J connectivity index is 1.59. The summed E-state index contributed by atoms with van der Waals surface area (Å²) in [6.45, 7) is 0.245. The second kappa shape index (κ2) is 9.10. The lowest BCUT2D eigenvalue weighted by atomic mass is 9.94. The molecule has 0 spiro atoms. The van der Waals surface area contributed by atoms with Crippen LogP contribution in [0.3, 0.4) is 0 Å². The van der Waals surface area contributed by atoms with E-state index in [2.05, 4.69) is 4.98 Å². The molecule has 2 heterocycles. The molecule has 6 nitrogen and oxygen atoms in total. The third-order valence-electron chi connectivity index (χ3n) is 6.39. The van der Waals surface area contributed by atoms with Crippen molar-refractivity contribution in [3.05, 3.63) is 107 Å². The van der Waals surface area contributed by atoms with Crippen LogP contribution in [0.5, 0.6) is 5.75 Å². The summed E-state index contributed by atoms with van der Waals surface area (Å²) in [7, 11) is 1.51. The van der Waals surface area contributed by atoms with E-state index in [0.29, 0.717) is 17.7 Å². The number of Topliss-reactive ketones (excluding diaryl/α,β-unsaturated/α-hetero) is 1. The lowest BCUT2D eigenvalue weighted by Gasteiger charge is -2.26. The molecule has 1 aliphatic heterocycles. The first-order valence-electron chi connectivity index (χ1n) is 11.2. The number of aromatic amines is 1. The van der Waals surface area contributed by atoms with Gasteiger partial charge in [-0.05, 0) is 48.4 Å². The Kier molecular flexibility index (Phi) is 5.82. The van der Waals surface area contributed by atoms with Gasteiger partial charge in [-0.2, -0.15) is 0 Å². The van der Waals surface area contributed by atoms with Crippen molar-refractivity contribution in [3.8, 4) is 5.75 Å². The molecule has 1 fully saturated rings. The minimum atomic E-state index is -0.860. The van der Waals surface area contributed by atoms with E-state index in [4.69, 9.17) is 4.74 Å². The van der Waals surface area contributed by atoms with E-state index >= 15 is 0 Å². The van der Waals surface area contributed by atoms with E-state index in [9.17, 15) is 19.1 Å². The molecular weight excluding hydrogens is 447 g/mol. The number of ketones is 1. The number of aromatic nitrogens is 1. The van der Waals surface area contributed by atoms with Gasteiger partial charge >= 0.3 is 0 Å². The van der Waals surface area contributed by atoms with Crippen LogP contribution >= 0.6 is 0 Å². The normalized spacial score (nSPS) is 17.3.